The lowest BCUT2D eigenvalue weighted by Crippen LogP contribution is -2.35. The number of fused-ring (bicyclic) bond motifs is 3. The van der Waals surface area contributed by atoms with Crippen molar-refractivity contribution in [2.24, 2.45) is 5.92 Å². The highest BCUT2D eigenvalue weighted by Crippen LogP contribution is 2.26. The molecule has 98 valence electrons. The molecule has 2 heterocycles. The van der Waals surface area contributed by atoms with Crippen molar-refractivity contribution in [2.45, 2.75) is 13.0 Å². The van der Waals surface area contributed by atoms with Gasteiger partial charge in [0.05, 0.1) is 30.5 Å². The summed E-state index contributed by atoms with van der Waals surface area (Å²) >= 11 is 0. The molecule has 0 unspecified atom stereocenters. The first kappa shape index (κ1) is 11.7. The number of esters is 1. The van der Waals surface area contributed by atoms with Gasteiger partial charge in [0.1, 0.15) is 0 Å². The summed E-state index contributed by atoms with van der Waals surface area (Å²) in [6, 6.07) is 7.65. The molecule has 0 fully saturated rings. The Labute approximate surface area is 109 Å². The van der Waals surface area contributed by atoms with E-state index >= 15 is 0 Å². The molecule has 1 N–H and O–H groups in total. The lowest BCUT2D eigenvalue weighted by atomic mass is 10.0. The maximum atomic E-state index is 11.9. The van der Waals surface area contributed by atoms with Gasteiger partial charge in [0.25, 0.3) is 0 Å². The van der Waals surface area contributed by atoms with Crippen LogP contribution in [-0.4, -0.2) is 28.5 Å². The number of rotatable bonds is 2. The summed E-state index contributed by atoms with van der Waals surface area (Å²) in [4.78, 5) is 27.6. The van der Waals surface area contributed by atoms with Crippen molar-refractivity contribution in [1.82, 2.24) is 9.55 Å². The van der Waals surface area contributed by atoms with Gasteiger partial charge >= 0.3 is 5.97 Å². The van der Waals surface area contributed by atoms with Crippen LogP contribution in [-0.2, 0) is 20.9 Å². The maximum absolute atomic E-state index is 11.9. The predicted octanol–water partition coefficient (Wildman–Crippen LogP) is 1.17. The molecule has 6 heteroatoms. The minimum atomic E-state index is -0.419. The Bertz CT molecular complexity index is 662. The molecule has 1 atom stereocenters. The molecule has 0 bridgehead atoms. The van der Waals surface area contributed by atoms with E-state index in [1.165, 1.54) is 7.11 Å². The number of benzene rings is 1. The van der Waals surface area contributed by atoms with Crippen molar-refractivity contribution in [3.63, 3.8) is 0 Å². The number of hydrogen-bond acceptors (Lipinski definition) is 4. The van der Waals surface area contributed by atoms with E-state index < -0.39 is 5.92 Å². The summed E-state index contributed by atoms with van der Waals surface area (Å²) in [5.74, 6) is -0.453. The summed E-state index contributed by atoms with van der Waals surface area (Å²) in [6.07, 6.45) is 0.0777. The Hall–Kier alpha value is -2.37. The van der Waals surface area contributed by atoms with E-state index in [1.807, 2.05) is 28.8 Å². The standard InChI is InChI=1S/C13H13N3O3/c1-19-11(17)6-8-7-16-10-5-3-2-4-9(10)14-13(16)15-12(8)18/h2-5,8H,6-7H2,1H3,(H,14,15,18)/t8-/m0/s1. The summed E-state index contributed by atoms with van der Waals surface area (Å²) in [5, 5.41) is 2.73. The molecule has 19 heavy (non-hydrogen) atoms. The lowest BCUT2D eigenvalue weighted by Gasteiger charge is -2.23. The molecule has 0 saturated heterocycles. The van der Waals surface area contributed by atoms with Gasteiger partial charge in [0, 0.05) is 6.54 Å². The topological polar surface area (TPSA) is 73.2 Å². The van der Waals surface area contributed by atoms with Gasteiger partial charge in [0.15, 0.2) is 0 Å². The molecule has 0 saturated carbocycles. The third-order valence-corrected chi connectivity index (χ3v) is 3.30. The molecule has 1 aromatic carbocycles. The van der Waals surface area contributed by atoms with Gasteiger partial charge < -0.3 is 9.30 Å². The van der Waals surface area contributed by atoms with E-state index in [4.69, 9.17) is 0 Å². The van der Waals surface area contributed by atoms with E-state index in [1.54, 1.807) is 0 Å². The highest BCUT2D eigenvalue weighted by atomic mass is 16.5. The smallest absolute Gasteiger partial charge is 0.306 e. The lowest BCUT2D eigenvalue weighted by molar-refractivity contribution is -0.143. The molecule has 6 nitrogen and oxygen atoms in total. The van der Waals surface area contributed by atoms with Gasteiger partial charge in [-0.1, -0.05) is 12.1 Å². The normalized spacial score (nSPS) is 17.9. The molecule has 1 amide bonds. The van der Waals surface area contributed by atoms with Crippen molar-refractivity contribution in [2.75, 3.05) is 12.4 Å². The third kappa shape index (κ3) is 1.95. The molecule has 2 aromatic rings. The summed E-state index contributed by atoms with van der Waals surface area (Å²) in [6.45, 7) is 0.441. The average Bonchev–Trinajstić information content (AvgIpc) is 2.76. The van der Waals surface area contributed by atoms with Gasteiger partial charge in [-0.2, -0.15) is 0 Å². The number of aromatic nitrogens is 2. The molecular formula is C13H13N3O3. The first-order valence-electron chi connectivity index (χ1n) is 6.02. The van der Waals surface area contributed by atoms with Crippen molar-refractivity contribution in [3.8, 4) is 0 Å². The van der Waals surface area contributed by atoms with Crippen molar-refractivity contribution < 1.29 is 14.3 Å². The Morgan fingerprint density at radius 1 is 1.53 bits per heavy atom. The van der Waals surface area contributed by atoms with Crippen LogP contribution in [0.25, 0.3) is 11.0 Å². The SMILES string of the molecule is COC(=O)C[C@H]1Cn2c(nc3ccccc32)NC1=O. The monoisotopic (exact) mass is 259 g/mol. The zero-order chi connectivity index (χ0) is 13.4. The highest BCUT2D eigenvalue weighted by molar-refractivity contribution is 5.96. The average molecular weight is 259 g/mol. The first-order chi connectivity index (χ1) is 9.19. The van der Waals surface area contributed by atoms with Crippen LogP contribution < -0.4 is 5.32 Å². The summed E-state index contributed by atoms with van der Waals surface area (Å²) in [5.41, 5.74) is 1.78. The van der Waals surface area contributed by atoms with Crippen LogP contribution in [0.5, 0.6) is 0 Å². The molecular weight excluding hydrogens is 246 g/mol. The predicted molar refractivity (Wildman–Crippen MR) is 68.5 cm³/mol. The fourth-order valence-electron chi connectivity index (χ4n) is 2.31. The molecule has 1 aliphatic heterocycles. The van der Waals surface area contributed by atoms with E-state index in [2.05, 4.69) is 15.0 Å². The molecule has 1 aliphatic rings. The third-order valence-electron chi connectivity index (χ3n) is 3.30. The molecule has 1 aromatic heterocycles. The van der Waals surface area contributed by atoms with Gasteiger partial charge in [0.2, 0.25) is 11.9 Å². The second-order valence-corrected chi connectivity index (χ2v) is 4.50. The molecule has 3 rings (SSSR count). The fraction of sp³-hybridized carbons (Fsp3) is 0.308. The Morgan fingerprint density at radius 2 is 2.32 bits per heavy atom. The Morgan fingerprint density at radius 3 is 3.11 bits per heavy atom. The zero-order valence-electron chi connectivity index (χ0n) is 10.4. The van der Waals surface area contributed by atoms with Crippen molar-refractivity contribution >= 4 is 28.9 Å². The number of nitrogens with one attached hydrogen (secondary N) is 1. The van der Waals surface area contributed by atoms with Crippen molar-refractivity contribution in [3.05, 3.63) is 24.3 Å². The number of nitrogens with zero attached hydrogens (tertiary/aromatic N) is 2. The number of anilines is 1. The number of amides is 1. The van der Waals surface area contributed by atoms with Gasteiger partial charge in [-0.05, 0) is 12.1 Å². The fourth-order valence-corrected chi connectivity index (χ4v) is 2.31. The first-order valence-corrected chi connectivity index (χ1v) is 6.02. The van der Waals surface area contributed by atoms with E-state index in [-0.39, 0.29) is 18.3 Å². The Balaban J connectivity index is 1.96. The number of para-hydroxylation sites is 2. The van der Waals surface area contributed by atoms with Crippen LogP contribution in [0.3, 0.4) is 0 Å². The highest BCUT2D eigenvalue weighted by Gasteiger charge is 2.30. The van der Waals surface area contributed by atoms with E-state index in [0.29, 0.717) is 12.5 Å². The number of carbonyl (C=O) groups excluding carboxylic acids is 2. The number of hydrogen-bond donors (Lipinski definition) is 1. The second-order valence-electron chi connectivity index (χ2n) is 4.50. The van der Waals surface area contributed by atoms with Crippen LogP contribution in [0.1, 0.15) is 6.42 Å². The van der Waals surface area contributed by atoms with Crippen LogP contribution >= 0.6 is 0 Å². The number of imidazole rings is 1. The van der Waals surface area contributed by atoms with Crippen LogP contribution in [0.4, 0.5) is 5.95 Å². The summed E-state index contributed by atoms with van der Waals surface area (Å²) < 4.78 is 6.54. The Kier molecular flexibility index (Phi) is 2.70. The molecule has 0 radical (unpaired) electrons. The zero-order valence-corrected chi connectivity index (χ0v) is 10.4. The molecule has 0 aliphatic carbocycles. The largest absolute Gasteiger partial charge is 0.469 e. The molecule has 0 spiro atoms. The minimum absolute atomic E-state index is 0.0777. The minimum Gasteiger partial charge on any atom is -0.469 e. The number of ether oxygens (including phenoxy) is 1. The second kappa shape index (κ2) is 4.38. The van der Waals surface area contributed by atoms with Crippen LogP contribution in [0.15, 0.2) is 24.3 Å². The number of methoxy groups -OCH3 is 1. The van der Waals surface area contributed by atoms with E-state index in [0.717, 1.165) is 11.0 Å². The van der Waals surface area contributed by atoms with Crippen molar-refractivity contribution in [1.29, 1.82) is 0 Å². The van der Waals surface area contributed by atoms with Gasteiger partial charge in [-0.15, -0.1) is 0 Å². The maximum Gasteiger partial charge on any atom is 0.306 e. The van der Waals surface area contributed by atoms with Crippen LogP contribution in [0.2, 0.25) is 0 Å². The van der Waals surface area contributed by atoms with Gasteiger partial charge in [-0.25, -0.2) is 4.98 Å². The summed E-state index contributed by atoms with van der Waals surface area (Å²) in [7, 11) is 1.32. The van der Waals surface area contributed by atoms with E-state index in [9.17, 15) is 9.59 Å². The van der Waals surface area contributed by atoms with Crippen LogP contribution in [0, 0.1) is 5.92 Å². The quantitative estimate of drug-likeness (QED) is 0.821. The number of carbonyl (C=O) groups is 2. The van der Waals surface area contributed by atoms with Gasteiger partial charge in [-0.3, -0.25) is 14.9 Å².